The molecule has 2 aromatic rings. The maximum absolute atomic E-state index is 11.9. The van der Waals surface area contributed by atoms with E-state index in [1.54, 1.807) is 12.3 Å². The van der Waals surface area contributed by atoms with E-state index >= 15 is 0 Å². The molecule has 0 aliphatic rings. The van der Waals surface area contributed by atoms with Crippen molar-refractivity contribution < 1.29 is 4.79 Å². The molecule has 0 aliphatic carbocycles. The average molecular weight is 312 g/mol. The highest BCUT2D eigenvalue weighted by molar-refractivity contribution is 9.10. The van der Waals surface area contributed by atoms with Gasteiger partial charge in [-0.2, -0.15) is 0 Å². The van der Waals surface area contributed by atoms with Gasteiger partial charge >= 0.3 is 0 Å². The normalized spacial score (nSPS) is 10.3. The number of nitrogens with zero attached hydrogens (tertiary/aromatic N) is 2. The van der Waals surface area contributed by atoms with Gasteiger partial charge < -0.3 is 0 Å². The van der Waals surface area contributed by atoms with Crippen molar-refractivity contribution in [3.8, 4) is 0 Å². The number of halogens is 1. The minimum absolute atomic E-state index is 0.201. The Morgan fingerprint density at radius 1 is 1.41 bits per heavy atom. The summed E-state index contributed by atoms with van der Waals surface area (Å²) in [6.07, 6.45) is 3.15. The molecule has 2 heterocycles. The molecule has 4 nitrogen and oxygen atoms in total. The molecule has 0 aliphatic heterocycles. The van der Waals surface area contributed by atoms with Crippen molar-refractivity contribution >= 4 is 38.3 Å². The van der Waals surface area contributed by atoms with Crippen LogP contribution in [0.15, 0.2) is 22.9 Å². The molecule has 0 spiro atoms. The van der Waals surface area contributed by atoms with E-state index in [1.807, 2.05) is 13.8 Å². The van der Waals surface area contributed by atoms with Crippen LogP contribution < -0.4 is 5.32 Å². The van der Waals surface area contributed by atoms with Crippen LogP contribution in [0.2, 0.25) is 0 Å². The fourth-order valence-corrected chi connectivity index (χ4v) is 2.41. The van der Waals surface area contributed by atoms with E-state index in [4.69, 9.17) is 0 Å². The van der Waals surface area contributed by atoms with Crippen LogP contribution in [0.3, 0.4) is 0 Å². The number of pyridine rings is 1. The maximum Gasteiger partial charge on any atom is 0.259 e. The van der Waals surface area contributed by atoms with Crippen molar-refractivity contribution in [2.24, 2.45) is 0 Å². The quantitative estimate of drug-likeness (QED) is 0.926. The zero-order chi connectivity index (χ0) is 12.4. The third-order valence-electron chi connectivity index (χ3n) is 2.22. The fraction of sp³-hybridized carbons (Fsp3) is 0.182. The fourth-order valence-electron chi connectivity index (χ4n) is 1.23. The summed E-state index contributed by atoms with van der Waals surface area (Å²) in [7, 11) is 0. The van der Waals surface area contributed by atoms with Crippen LogP contribution in [0.5, 0.6) is 0 Å². The highest BCUT2D eigenvalue weighted by Gasteiger charge is 2.10. The first-order valence-corrected chi connectivity index (χ1v) is 6.53. The summed E-state index contributed by atoms with van der Waals surface area (Å²) < 4.78 is 0.775. The van der Waals surface area contributed by atoms with E-state index in [2.05, 4.69) is 31.2 Å². The van der Waals surface area contributed by atoms with Gasteiger partial charge in [0.15, 0.2) is 5.13 Å². The van der Waals surface area contributed by atoms with Crippen LogP contribution in [0, 0.1) is 13.8 Å². The molecule has 0 radical (unpaired) electrons. The third kappa shape index (κ3) is 2.89. The smallest absolute Gasteiger partial charge is 0.259 e. The molecule has 6 heteroatoms. The Labute approximate surface area is 111 Å². The topological polar surface area (TPSA) is 54.9 Å². The number of rotatable bonds is 2. The number of aromatic nitrogens is 2. The van der Waals surface area contributed by atoms with Crippen LogP contribution in [0.4, 0.5) is 5.13 Å². The average Bonchev–Trinajstić information content (AvgIpc) is 2.58. The highest BCUT2D eigenvalue weighted by Crippen LogP contribution is 2.21. The first-order valence-electron chi connectivity index (χ1n) is 4.92. The Kier molecular flexibility index (Phi) is 3.54. The first-order chi connectivity index (χ1) is 8.06. The molecule has 0 bridgehead atoms. The minimum Gasteiger partial charge on any atom is -0.298 e. The van der Waals surface area contributed by atoms with Gasteiger partial charge in [-0.3, -0.25) is 15.1 Å². The molecule has 0 fully saturated rings. The van der Waals surface area contributed by atoms with E-state index < -0.39 is 0 Å². The van der Waals surface area contributed by atoms with E-state index in [9.17, 15) is 4.79 Å². The van der Waals surface area contributed by atoms with Crippen LogP contribution in [-0.4, -0.2) is 15.9 Å². The molecular formula is C11H10BrN3OS. The van der Waals surface area contributed by atoms with E-state index in [1.165, 1.54) is 17.5 Å². The van der Waals surface area contributed by atoms with E-state index in [0.717, 1.165) is 15.0 Å². The summed E-state index contributed by atoms with van der Waals surface area (Å²) >= 11 is 4.74. The number of nitrogens with one attached hydrogen (secondary N) is 1. The zero-order valence-corrected chi connectivity index (χ0v) is 11.7. The summed E-state index contributed by atoms with van der Waals surface area (Å²) in [5.41, 5.74) is 1.45. The van der Waals surface area contributed by atoms with Gasteiger partial charge in [-0.25, -0.2) is 4.98 Å². The Balaban J connectivity index is 2.17. The lowest BCUT2D eigenvalue weighted by atomic mass is 10.3. The second-order valence-electron chi connectivity index (χ2n) is 3.51. The number of carbonyl (C=O) groups excluding carboxylic acids is 1. The molecule has 1 amide bonds. The molecule has 0 aromatic carbocycles. The van der Waals surface area contributed by atoms with E-state index in [0.29, 0.717) is 10.7 Å². The monoisotopic (exact) mass is 311 g/mol. The number of amides is 1. The van der Waals surface area contributed by atoms with Crippen molar-refractivity contribution in [2.75, 3.05) is 5.32 Å². The summed E-state index contributed by atoms with van der Waals surface area (Å²) in [5.74, 6) is -0.201. The molecule has 0 saturated heterocycles. The molecular weight excluding hydrogens is 302 g/mol. The molecule has 2 aromatic heterocycles. The molecule has 0 atom stereocenters. The molecule has 0 saturated carbocycles. The number of anilines is 1. The molecule has 0 unspecified atom stereocenters. The standard InChI is InChI=1S/C11H10BrN3OS/c1-6-7(2)17-11(14-6)15-10(16)8-3-9(12)5-13-4-8/h3-5H,1-2H3,(H,14,15,16). The molecule has 17 heavy (non-hydrogen) atoms. The second kappa shape index (κ2) is 4.93. The predicted molar refractivity (Wildman–Crippen MR) is 71.5 cm³/mol. The van der Waals surface area contributed by atoms with Gasteiger partial charge in [0.25, 0.3) is 5.91 Å². The highest BCUT2D eigenvalue weighted by atomic mass is 79.9. The lowest BCUT2D eigenvalue weighted by Gasteiger charge is -2.01. The van der Waals surface area contributed by atoms with Crippen molar-refractivity contribution in [2.45, 2.75) is 13.8 Å². The SMILES string of the molecule is Cc1nc(NC(=O)c2cncc(Br)c2)sc1C. The van der Waals surface area contributed by atoms with Crippen LogP contribution in [0.25, 0.3) is 0 Å². The number of aryl methyl sites for hydroxylation is 2. The molecule has 1 N–H and O–H groups in total. The van der Waals surface area contributed by atoms with Gasteiger partial charge in [0.05, 0.1) is 11.3 Å². The van der Waals surface area contributed by atoms with Gasteiger partial charge in [0.1, 0.15) is 0 Å². The van der Waals surface area contributed by atoms with Crippen LogP contribution >= 0.6 is 27.3 Å². The Hall–Kier alpha value is -1.27. The molecule has 2 rings (SSSR count). The van der Waals surface area contributed by atoms with Crippen molar-refractivity contribution in [3.05, 3.63) is 39.1 Å². The van der Waals surface area contributed by atoms with Gasteiger partial charge in [-0.05, 0) is 35.8 Å². The number of hydrogen-bond acceptors (Lipinski definition) is 4. The Morgan fingerprint density at radius 3 is 2.76 bits per heavy atom. The summed E-state index contributed by atoms with van der Waals surface area (Å²) in [5, 5.41) is 3.37. The van der Waals surface area contributed by atoms with Crippen molar-refractivity contribution in [1.82, 2.24) is 9.97 Å². The van der Waals surface area contributed by atoms with Crippen molar-refractivity contribution in [3.63, 3.8) is 0 Å². The lowest BCUT2D eigenvalue weighted by Crippen LogP contribution is -2.11. The van der Waals surface area contributed by atoms with Crippen LogP contribution in [-0.2, 0) is 0 Å². The molecule has 88 valence electrons. The first kappa shape index (κ1) is 12.2. The number of thiazole rings is 1. The van der Waals surface area contributed by atoms with Gasteiger partial charge in [-0.1, -0.05) is 0 Å². The Morgan fingerprint density at radius 2 is 2.18 bits per heavy atom. The van der Waals surface area contributed by atoms with Crippen LogP contribution in [0.1, 0.15) is 20.9 Å². The largest absolute Gasteiger partial charge is 0.298 e. The minimum atomic E-state index is -0.201. The van der Waals surface area contributed by atoms with Gasteiger partial charge in [0.2, 0.25) is 0 Å². The predicted octanol–water partition coefficient (Wildman–Crippen LogP) is 3.17. The zero-order valence-electron chi connectivity index (χ0n) is 9.32. The van der Waals surface area contributed by atoms with Gasteiger partial charge in [0, 0.05) is 21.7 Å². The van der Waals surface area contributed by atoms with Gasteiger partial charge in [-0.15, -0.1) is 11.3 Å². The summed E-state index contributed by atoms with van der Waals surface area (Å²) in [4.78, 5) is 21.2. The Bertz CT molecular complexity index is 548. The summed E-state index contributed by atoms with van der Waals surface area (Å²) in [6.45, 7) is 3.89. The maximum atomic E-state index is 11.9. The summed E-state index contributed by atoms with van der Waals surface area (Å²) in [6, 6.07) is 1.72. The lowest BCUT2D eigenvalue weighted by molar-refractivity contribution is 0.102. The number of carbonyl (C=O) groups is 1. The third-order valence-corrected chi connectivity index (χ3v) is 3.64. The number of hydrogen-bond donors (Lipinski definition) is 1. The second-order valence-corrected chi connectivity index (χ2v) is 5.63. The van der Waals surface area contributed by atoms with E-state index in [-0.39, 0.29) is 5.91 Å². The van der Waals surface area contributed by atoms with Crippen molar-refractivity contribution in [1.29, 1.82) is 0 Å².